The van der Waals surface area contributed by atoms with Crippen LogP contribution in [-0.2, 0) is 9.47 Å². The van der Waals surface area contributed by atoms with Gasteiger partial charge in [-0.2, -0.15) is 35.1 Å². The van der Waals surface area contributed by atoms with Crippen LogP contribution in [0.5, 0.6) is 0 Å². The summed E-state index contributed by atoms with van der Waals surface area (Å²) in [6.45, 7) is 1.10. The highest BCUT2D eigenvalue weighted by Gasteiger charge is 2.72. The zero-order chi connectivity index (χ0) is 15.5. The van der Waals surface area contributed by atoms with Crippen molar-refractivity contribution >= 4 is 0 Å². The van der Waals surface area contributed by atoms with Crippen molar-refractivity contribution in [2.24, 2.45) is 0 Å². The van der Waals surface area contributed by atoms with E-state index < -0.39 is 42.5 Å². The van der Waals surface area contributed by atoms with Crippen molar-refractivity contribution in [2.75, 3.05) is 13.9 Å². The highest BCUT2D eigenvalue weighted by Crippen LogP contribution is 2.50. The Morgan fingerprint density at radius 1 is 1.11 bits per heavy atom. The molecule has 1 unspecified atom stereocenters. The second kappa shape index (κ2) is 5.87. The van der Waals surface area contributed by atoms with Crippen molar-refractivity contribution < 1.29 is 44.6 Å². The van der Waals surface area contributed by atoms with Gasteiger partial charge in [-0.05, 0) is 6.08 Å². The van der Waals surface area contributed by atoms with Crippen molar-refractivity contribution in [1.29, 1.82) is 0 Å². The molecule has 112 valence electrons. The number of hydrogen-bond donors (Lipinski definition) is 0. The molecular formula is C9H8F8O2. The molecule has 0 saturated carbocycles. The lowest BCUT2D eigenvalue weighted by atomic mass is 9.93. The molecule has 0 aromatic carbocycles. The predicted molar refractivity (Wildman–Crippen MR) is 47.2 cm³/mol. The summed E-state index contributed by atoms with van der Waals surface area (Å²) in [6, 6.07) is 0. The molecule has 10 heteroatoms. The van der Waals surface area contributed by atoms with E-state index in [1.165, 1.54) is 0 Å². The van der Waals surface area contributed by atoms with Gasteiger partial charge in [-0.25, -0.2) is 0 Å². The van der Waals surface area contributed by atoms with E-state index in [-0.39, 0.29) is 0 Å². The first kappa shape index (κ1) is 17.8. The van der Waals surface area contributed by atoms with Crippen molar-refractivity contribution in [2.45, 2.75) is 17.7 Å². The van der Waals surface area contributed by atoms with E-state index in [0.717, 1.165) is 7.11 Å². The number of ether oxygens (including phenoxy) is 2. The van der Waals surface area contributed by atoms with Gasteiger partial charge in [-0.3, -0.25) is 0 Å². The van der Waals surface area contributed by atoms with Gasteiger partial charge in [0, 0.05) is 7.11 Å². The molecule has 0 spiro atoms. The first-order valence-electron chi connectivity index (χ1n) is 4.40. The molecule has 0 aliphatic heterocycles. The van der Waals surface area contributed by atoms with Gasteiger partial charge in [0.1, 0.15) is 6.79 Å². The zero-order valence-electron chi connectivity index (χ0n) is 9.33. The molecule has 0 bridgehead atoms. The summed E-state index contributed by atoms with van der Waals surface area (Å²) in [4.78, 5) is 0. The maximum atomic E-state index is 13.3. The van der Waals surface area contributed by atoms with E-state index in [9.17, 15) is 35.1 Å². The molecule has 0 saturated heterocycles. The molecular weight excluding hydrogens is 292 g/mol. The first-order chi connectivity index (χ1) is 8.48. The SMILES string of the molecule is C=CC(OCOC)(C(F)(F)F)C(F)(F)C(F)=C(F)F. The smallest absolute Gasteiger partial charge is 0.359 e. The summed E-state index contributed by atoms with van der Waals surface area (Å²) in [5.41, 5.74) is -4.68. The van der Waals surface area contributed by atoms with Crippen LogP contribution in [-0.4, -0.2) is 31.6 Å². The number of rotatable bonds is 6. The van der Waals surface area contributed by atoms with Crippen molar-refractivity contribution in [3.63, 3.8) is 0 Å². The minimum absolute atomic E-state index is 0.505. The van der Waals surface area contributed by atoms with Crippen LogP contribution in [0.4, 0.5) is 35.1 Å². The maximum absolute atomic E-state index is 13.3. The third-order valence-corrected chi connectivity index (χ3v) is 2.02. The van der Waals surface area contributed by atoms with E-state index in [4.69, 9.17) is 0 Å². The van der Waals surface area contributed by atoms with Gasteiger partial charge in [0.2, 0.25) is 5.83 Å². The third-order valence-electron chi connectivity index (χ3n) is 2.02. The van der Waals surface area contributed by atoms with Gasteiger partial charge in [-0.15, -0.1) is 0 Å². The standard InChI is InChI=1S/C9H8F8O2/c1-3-7(9(15,16)17,19-4-18-2)8(13,14)5(10)6(11)12/h3H,1,4H2,2H3. The first-order valence-corrected chi connectivity index (χ1v) is 4.40. The van der Waals surface area contributed by atoms with E-state index >= 15 is 0 Å². The Bertz CT molecular complexity index is 358. The average molecular weight is 300 g/mol. The number of halogens is 8. The largest absolute Gasteiger partial charge is 0.427 e. The molecule has 2 nitrogen and oxygen atoms in total. The molecule has 0 rings (SSSR count). The van der Waals surface area contributed by atoms with Gasteiger partial charge in [0.15, 0.2) is 0 Å². The van der Waals surface area contributed by atoms with Crippen molar-refractivity contribution in [3.8, 4) is 0 Å². The van der Waals surface area contributed by atoms with E-state index in [2.05, 4.69) is 16.1 Å². The lowest BCUT2D eigenvalue weighted by molar-refractivity contribution is -0.334. The molecule has 0 N–H and O–H groups in total. The molecule has 19 heavy (non-hydrogen) atoms. The van der Waals surface area contributed by atoms with E-state index in [0.29, 0.717) is 0 Å². The van der Waals surface area contributed by atoms with Crippen LogP contribution in [0.25, 0.3) is 0 Å². The lowest BCUT2D eigenvalue weighted by Gasteiger charge is -2.37. The number of hydrogen-bond acceptors (Lipinski definition) is 2. The van der Waals surface area contributed by atoms with Gasteiger partial charge < -0.3 is 9.47 Å². The summed E-state index contributed by atoms with van der Waals surface area (Å²) in [6.07, 6.45) is -10.0. The fourth-order valence-electron chi connectivity index (χ4n) is 1.09. The van der Waals surface area contributed by atoms with Crippen LogP contribution < -0.4 is 0 Å². The summed E-state index contributed by atoms with van der Waals surface area (Å²) < 4.78 is 109. The number of alkyl halides is 5. The Morgan fingerprint density at radius 3 is 1.84 bits per heavy atom. The summed E-state index contributed by atoms with van der Waals surface area (Å²) in [5.74, 6) is -9.26. The molecule has 0 fully saturated rings. The molecule has 0 aliphatic carbocycles. The van der Waals surface area contributed by atoms with Gasteiger partial charge >= 0.3 is 18.2 Å². The molecule has 0 amide bonds. The van der Waals surface area contributed by atoms with Crippen molar-refractivity contribution in [3.05, 3.63) is 24.6 Å². The van der Waals surface area contributed by atoms with Crippen LogP contribution in [0.3, 0.4) is 0 Å². The monoisotopic (exact) mass is 300 g/mol. The minimum atomic E-state index is -5.91. The van der Waals surface area contributed by atoms with Crippen LogP contribution in [0.15, 0.2) is 24.6 Å². The van der Waals surface area contributed by atoms with Gasteiger partial charge in [0.05, 0.1) is 0 Å². The third kappa shape index (κ3) is 3.06. The normalized spacial score (nSPS) is 15.8. The number of methoxy groups -OCH3 is 1. The van der Waals surface area contributed by atoms with Crippen LogP contribution in [0.2, 0.25) is 0 Å². The van der Waals surface area contributed by atoms with Crippen LogP contribution in [0, 0.1) is 0 Å². The molecule has 0 aromatic heterocycles. The Balaban J connectivity index is 5.98. The predicted octanol–water partition coefficient (Wildman–Crippen LogP) is 3.81. The summed E-state index contributed by atoms with van der Waals surface area (Å²) in [5, 5.41) is 0. The Kier molecular flexibility index (Phi) is 5.51. The van der Waals surface area contributed by atoms with E-state index in [1.54, 1.807) is 0 Å². The topological polar surface area (TPSA) is 18.5 Å². The molecule has 1 atom stereocenters. The Labute approximate surface area is 102 Å². The van der Waals surface area contributed by atoms with Gasteiger partial charge in [-0.1, -0.05) is 6.58 Å². The lowest BCUT2D eigenvalue weighted by Crippen LogP contribution is -2.59. The van der Waals surface area contributed by atoms with Gasteiger partial charge in [0.25, 0.3) is 5.60 Å². The Hall–Kier alpha value is -1.16. The average Bonchev–Trinajstić information content (AvgIpc) is 2.27. The fraction of sp³-hybridized carbons (Fsp3) is 0.556. The molecule has 0 aromatic rings. The quantitative estimate of drug-likeness (QED) is 0.422. The second-order valence-electron chi connectivity index (χ2n) is 3.14. The Morgan fingerprint density at radius 2 is 1.58 bits per heavy atom. The summed E-state index contributed by atoms with van der Waals surface area (Å²) >= 11 is 0. The summed E-state index contributed by atoms with van der Waals surface area (Å²) in [7, 11) is 0.796. The molecule has 0 aliphatic rings. The molecule has 0 radical (unpaired) electrons. The zero-order valence-corrected chi connectivity index (χ0v) is 9.33. The van der Waals surface area contributed by atoms with Crippen LogP contribution >= 0.6 is 0 Å². The maximum Gasteiger partial charge on any atom is 0.427 e. The highest BCUT2D eigenvalue weighted by atomic mass is 19.4. The van der Waals surface area contributed by atoms with Crippen LogP contribution in [0.1, 0.15) is 0 Å². The molecule has 0 heterocycles. The highest BCUT2D eigenvalue weighted by molar-refractivity contribution is 5.23. The minimum Gasteiger partial charge on any atom is -0.359 e. The fourth-order valence-corrected chi connectivity index (χ4v) is 1.09. The second-order valence-corrected chi connectivity index (χ2v) is 3.14. The van der Waals surface area contributed by atoms with Crippen molar-refractivity contribution in [1.82, 2.24) is 0 Å². The van der Waals surface area contributed by atoms with E-state index in [1.807, 2.05) is 0 Å².